The highest BCUT2D eigenvalue weighted by Gasteiger charge is 2.12. The van der Waals surface area contributed by atoms with Gasteiger partial charge in [0.05, 0.1) is 0 Å². The topological polar surface area (TPSA) is 21.3 Å². The number of nitrogens with one attached hydrogen (secondary N) is 1. The lowest BCUT2D eigenvalue weighted by Gasteiger charge is -2.16. The number of hydrogen-bond donors (Lipinski definition) is 1. The zero-order valence-electron chi connectivity index (χ0n) is 10.8. The first kappa shape index (κ1) is 14.0. The molecule has 2 rings (SSSR count). The molecular formula is C15H15BrFNO. The third-order valence-corrected chi connectivity index (χ3v) is 3.42. The minimum absolute atomic E-state index is 0.131. The zero-order chi connectivity index (χ0) is 13.8. The molecule has 1 unspecified atom stereocenters. The normalized spacial score (nSPS) is 12.2. The molecule has 100 valence electrons. The van der Waals surface area contributed by atoms with Gasteiger partial charge in [-0.05, 0) is 38.2 Å². The molecule has 2 nitrogen and oxygen atoms in total. The van der Waals surface area contributed by atoms with Crippen LogP contribution in [0.4, 0.5) is 4.39 Å². The van der Waals surface area contributed by atoms with E-state index < -0.39 is 0 Å². The van der Waals surface area contributed by atoms with E-state index in [1.54, 1.807) is 12.1 Å². The van der Waals surface area contributed by atoms with E-state index in [9.17, 15) is 4.39 Å². The van der Waals surface area contributed by atoms with Crippen molar-refractivity contribution in [3.05, 3.63) is 58.3 Å². The van der Waals surface area contributed by atoms with Gasteiger partial charge in [-0.15, -0.1) is 0 Å². The van der Waals surface area contributed by atoms with Gasteiger partial charge in [0, 0.05) is 16.1 Å². The lowest BCUT2D eigenvalue weighted by atomic mass is 10.1. The van der Waals surface area contributed by atoms with Crippen molar-refractivity contribution < 1.29 is 9.13 Å². The smallest absolute Gasteiger partial charge is 0.165 e. The molecule has 0 amide bonds. The summed E-state index contributed by atoms with van der Waals surface area (Å²) in [5.41, 5.74) is 0.990. The van der Waals surface area contributed by atoms with Crippen LogP contribution in [0.15, 0.2) is 46.9 Å². The van der Waals surface area contributed by atoms with Crippen molar-refractivity contribution in [3.8, 4) is 11.5 Å². The largest absolute Gasteiger partial charge is 0.454 e. The minimum Gasteiger partial charge on any atom is -0.454 e. The fourth-order valence-corrected chi connectivity index (χ4v) is 2.10. The first-order valence-electron chi connectivity index (χ1n) is 6.01. The van der Waals surface area contributed by atoms with E-state index in [2.05, 4.69) is 21.2 Å². The van der Waals surface area contributed by atoms with Crippen LogP contribution in [0.3, 0.4) is 0 Å². The molecule has 19 heavy (non-hydrogen) atoms. The van der Waals surface area contributed by atoms with Crippen LogP contribution in [0, 0.1) is 5.82 Å². The van der Waals surface area contributed by atoms with Crippen molar-refractivity contribution in [2.24, 2.45) is 0 Å². The Bertz CT molecular complexity index is 574. The van der Waals surface area contributed by atoms with Crippen molar-refractivity contribution in [1.82, 2.24) is 5.32 Å². The third kappa shape index (κ3) is 3.33. The third-order valence-electron chi connectivity index (χ3n) is 2.93. The van der Waals surface area contributed by atoms with E-state index in [1.165, 1.54) is 6.07 Å². The molecule has 4 heteroatoms. The van der Waals surface area contributed by atoms with Gasteiger partial charge in [0.2, 0.25) is 0 Å². The molecule has 0 spiro atoms. The van der Waals surface area contributed by atoms with Crippen LogP contribution in [0.2, 0.25) is 0 Å². The molecule has 0 saturated heterocycles. The molecule has 0 aliphatic heterocycles. The van der Waals surface area contributed by atoms with E-state index in [0.717, 1.165) is 10.0 Å². The molecule has 1 N–H and O–H groups in total. The zero-order valence-corrected chi connectivity index (χ0v) is 12.4. The standard InChI is InChI=1S/C15H15BrFNO/c1-10(18-2)12-5-3-4-6-14(12)19-15-9-11(16)7-8-13(15)17/h3-10,18H,1-2H3. The Morgan fingerprint density at radius 1 is 1.16 bits per heavy atom. The number of benzene rings is 2. The second-order valence-corrected chi connectivity index (χ2v) is 5.14. The van der Waals surface area contributed by atoms with Gasteiger partial charge in [-0.25, -0.2) is 4.39 Å². The molecule has 2 aromatic rings. The molecule has 0 fully saturated rings. The van der Waals surface area contributed by atoms with Crippen molar-refractivity contribution in [2.75, 3.05) is 7.05 Å². The summed E-state index contributed by atoms with van der Waals surface area (Å²) in [4.78, 5) is 0. The Morgan fingerprint density at radius 2 is 1.89 bits per heavy atom. The van der Waals surface area contributed by atoms with Crippen molar-refractivity contribution >= 4 is 15.9 Å². The van der Waals surface area contributed by atoms with Gasteiger partial charge in [-0.3, -0.25) is 0 Å². The van der Waals surface area contributed by atoms with E-state index >= 15 is 0 Å². The van der Waals surface area contributed by atoms with Gasteiger partial charge < -0.3 is 10.1 Å². The molecule has 0 aliphatic carbocycles. The van der Waals surface area contributed by atoms with Gasteiger partial charge in [-0.1, -0.05) is 34.1 Å². The summed E-state index contributed by atoms with van der Waals surface area (Å²) in [6.07, 6.45) is 0. The second-order valence-electron chi connectivity index (χ2n) is 4.22. The Balaban J connectivity index is 2.35. The summed E-state index contributed by atoms with van der Waals surface area (Å²) < 4.78 is 20.2. The van der Waals surface area contributed by atoms with Crippen LogP contribution in [0.5, 0.6) is 11.5 Å². The van der Waals surface area contributed by atoms with Crippen molar-refractivity contribution in [2.45, 2.75) is 13.0 Å². The lowest BCUT2D eigenvalue weighted by molar-refractivity contribution is 0.431. The highest BCUT2D eigenvalue weighted by molar-refractivity contribution is 9.10. The SMILES string of the molecule is CNC(C)c1ccccc1Oc1cc(Br)ccc1F. The molecule has 2 aromatic carbocycles. The van der Waals surface area contributed by atoms with Gasteiger partial charge in [0.1, 0.15) is 5.75 Å². The average Bonchev–Trinajstić information content (AvgIpc) is 2.42. The predicted octanol–water partition coefficient (Wildman–Crippen LogP) is 4.66. The van der Waals surface area contributed by atoms with E-state index in [1.807, 2.05) is 38.2 Å². The van der Waals surface area contributed by atoms with E-state index in [4.69, 9.17) is 4.74 Å². The van der Waals surface area contributed by atoms with Crippen LogP contribution >= 0.6 is 15.9 Å². The Morgan fingerprint density at radius 3 is 2.63 bits per heavy atom. The van der Waals surface area contributed by atoms with Gasteiger partial charge >= 0.3 is 0 Å². The Labute approximate surface area is 120 Å². The summed E-state index contributed by atoms with van der Waals surface area (Å²) in [5.74, 6) is 0.488. The monoisotopic (exact) mass is 323 g/mol. The fourth-order valence-electron chi connectivity index (χ4n) is 1.76. The first-order valence-corrected chi connectivity index (χ1v) is 6.80. The Kier molecular flexibility index (Phi) is 4.56. The summed E-state index contributed by atoms with van der Waals surface area (Å²) in [6.45, 7) is 2.03. The lowest BCUT2D eigenvalue weighted by Crippen LogP contribution is -2.13. The molecule has 0 radical (unpaired) electrons. The average molecular weight is 324 g/mol. The predicted molar refractivity (Wildman–Crippen MR) is 78.1 cm³/mol. The van der Waals surface area contributed by atoms with Gasteiger partial charge in [0.15, 0.2) is 11.6 Å². The maximum Gasteiger partial charge on any atom is 0.165 e. The number of ether oxygens (including phenoxy) is 1. The maximum absolute atomic E-state index is 13.7. The van der Waals surface area contributed by atoms with Crippen LogP contribution < -0.4 is 10.1 Å². The molecule has 0 aliphatic rings. The quantitative estimate of drug-likeness (QED) is 0.883. The molecule has 0 bridgehead atoms. The maximum atomic E-state index is 13.7. The van der Waals surface area contributed by atoms with Crippen LogP contribution in [0.1, 0.15) is 18.5 Å². The number of hydrogen-bond acceptors (Lipinski definition) is 2. The van der Waals surface area contributed by atoms with Crippen LogP contribution in [-0.4, -0.2) is 7.05 Å². The van der Waals surface area contributed by atoms with E-state index in [-0.39, 0.29) is 17.6 Å². The summed E-state index contributed by atoms with van der Waals surface area (Å²) in [7, 11) is 1.88. The molecule has 1 atom stereocenters. The molecule has 0 aromatic heterocycles. The highest BCUT2D eigenvalue weighted by Crippen LogP contribution is 2.32. The number of para-hydroxylation sites is 1. The van der Waals surface area contributed by atoms with Gasteiger partial charge in [0.25, 0.3) is 0 Å². The fraction of sp³-hybridized carbons (Fsp3) is 0.200. The summed E-state index contributed by atoms with van der Waals surface area (Å²) >= 11 is 3.31. The van der Waals surface area contributed by atoms with Crippen LogP contribution in [0.25, 0.3) is 0 Å². The summed E-state index contributed by atoms with van der Waals surface area (Å²) in [6, 6.07) is 12.4. The number of halogens is 2. The molecule has 0 saturated carbocycles. The van der Waals surface area contributed by atoms with Crippen molar-refractivity contribution in [3.63, 3.8) is 0 Å². The highest BCUT2D eigenvalue weighted by atomic mass is 79.9. The minimum atomic E-state index is -0.380. The first-order chi connectivity index (χ1) is 9.11. The van der Waals surface area contributed by atoms with E-state index in [0.29, 0.717) is 5.75 Å². The second kappa shape index (κ2) is 6.17. The number of rotatable bonds is 4. The molecule has 0 heterocycles. The van der Waals surface area contributed by atoms with Crippen LogP contribution in [-0.2, 0) is 0 Å². The van der Waals surface area contributed by atoms with Crippen molar-refractivity contribution in [1.29, 1.82) is 0 Å². The molecular weight excluding hydrogens is 309 g/mol. The van der Waals surface area contributed by atoms with Gasteiger partial charge in [-0.2, -0.15) is 0 Å². The summed E-state index contributed by atoms with van der Waals surface area (Å²) in [5, 5.41) is 3.15. The Hall–Kier alpha value is -1.39.